The molecule has 2 nitrogen and oxygen atoms in total. The summed E-state index contributed by atoms with van der Waals surface area (Å²) < 4.78 is 6.57. The Morgan fingerprint density at radius 3 is 2.36 bits per heavy atom. The van der Waals surface area contributed by atoms with Gasteiger partial charge in [0.15, 0.2) is 0 Å². The molecule has 1 fully saturated rings. The van der Waals surface area contributed by atoms with Crippen LogP contribution in [0, 0.1) is 33.6 Å². The maximum absolute atomic E-state index is 6.57. The average molecular weight is 335 g/mol. The summed E-state index contributed by atoms with van der Waals surface area (Å²) in [4.78, 5) is 2.50. The highest BCUT2D eigenvalue weighted by Crippen LogP contribution is 2.52. The molecule has 3 unspecified atom stereocenters. The van der Waals surface area contributed by atoms with E-state index in [1.807, 2.05) is 0 Å². The molecular formula is C23H29NO. The van der Waals surface area contributed by atoms with Crippen LogP contribution in [0.4, 0.5) is 11.4 Å². The van der Waals surface area contributed by atoms with Crippen LogP contribution in [0.5, 0.6) is 0 Å². The molecule has 0 amide bonds. The molecule has 4 rings (SSSR count). The van der Waals surface area contributed by atoms with E-state index in [0.717, 1.165) is 12.8 Å². The summed E-state index contributed by atoms with van der Waals surface area (Å²) >= 11 is 0. The first-order chi connectivity index (χ1) is 11.8. The first-order valence-corrected chi connectivity index (χ1v) is 9.45. The zero-order chi connectivity index (χ0) is 17.9. The molecular weight excluding hydrogens is 306 g/mol. The summed E-state index contributed by atoms with van der Waals surface area (Å²) in [5.41, 5.74) is 9.13. The Morgan fingerprint density at radius 1 is 1.00 bits per heavy atom. The summed E-state index contributed by atoms with van der Waals surface area (Å²) in [6.45, 7) is 13.3. The Hall–Kier alpha value is -1.80. The van der Waals surface area contributed by atoms with Crippen LogP contribution < -0.4 is 4.90 Å². The van der Waals surface area contributed by atoms with Gasteiger partial charge in [0, 0.05) is 17.3 Å². The third kappa shape index (κ3) is 2.50. The average Bonchev–Trinajstić information content (AvgIpc) is 2.79. The van der Waals surface area contributed by atoms with Crippen LogP contribution >= 0.6 is 0 Å². The Morgan fingerprint density at radius 2 is 1.68 bits per heavy atom. The fourth-order valence-corrected chi connectivity index (χ4v) is 5.15. The number of benzene rings is 2. The second kappa shape index (κ2) is 5.60. The van der Waals surface area contributed by atoms with Gasteiger partial charge in [0.2, 0.25) is 0 Å². The molecule has 2 aromatic carbocycles. The van der Waals surface area contributed by atoms with E-state index in [2.05, 4.69) is 76.8 Å². The van der Waals surface area contributed by atoms with Crippen molar-refractivity contribution in [1.29, 1.82) is 0 Å². The smallest absolute Gasteiger partial charge is 0.146 e. The molecule has 2 aliphatic heterocycles. The second-order valence-electron chi connectivity index (χ2n) is 8.33. The molecule has 0 spiro atoms. The third-order valence-corrected chi connectivity index (χ3v) is 6.06. The minimum absolute atomic E-state index is 0.271. The van der Waals surface area contributed by atoms with Crippen molar-refractivity contribution < 1.29 is 4.74 Å². The normalized spacial score (nSPS) is 28.0. The lowest BCUT2D eigenvalue weighted by atomic mass is 9.81. The van der Waals surface area contributed by atoms with Crippen molar-refractivity contribution in [3.05, 3.63) is 58.1 Å². The number of fused-ring (bicyclic) bond motifs is 2. The molecule has 3 atom stereocenters. The molecule has 0 bridgehead atoms. The molecule has 2 aliphatic rings. The zero-order valence-electron chi connectivity index (χ0n) is 16.3. The molecule has 0 aliphatic carbocycles. The maximum atomic E-state index is 6.57. The fourth-order valence-electron chi connectivity index (χ4n) is 5.15. The van der Waals surface area contributed by atoms with E-state index >= 15 is 0 Å². The lowest BCUT2D eigenvalue weighted by Gasteiger charge is -2.49. The van der Waals surface area contributed by atoms with Crippen molar-refractivity contribution in [2.24, 2.45) is 5.92 Å². The van der Waals surface area contributed by atoms with Crippen LogP contribution in [0.1, 0.15) is 48.1 Å². The van der Waals surface area contributed by atoms with Crippen LogP contribution in [0.3, 0.4) is 0 Å². The standard InChI is InChI=1S/C23H29NO/c1-14-7-8-21-19(11-14)13-20-12-18(5)25-23(20,6)24(21)22-16(3)9-15(2)10-17(22)4/h7-11,18,20H,12-13H2,1-6H3. The quantitative estimate of drug-likeness (QED) is 0.657. The molecule has 132 valence electrons. The van der Waals surface area contributed by atoms with Crippen molar-refractivity contribution in [2.75, 3.05) is 4.90 Å². The van der Waals surface area contributed by atoms with E-state index in [0.29, 0.717) is 12.0 Å². The first kappa shape index (κ1) is 16.7. The van der Waals surface area contributed by atoms with Gasteiger partial charge in [-0.05, 0) is 77.1 Å². The van der Waals surface area contributed by atoms with E-state index in [4.69, 9.17) is 4.74 Å². The maximum Gasteiger partial charge on any atom is 0.146 e. The summed E-state index contributed by atoms with van der Waals surface area (Å²) in [5, 5.41) is 0. The van der Waals surface area contributed by atoms with Gasteiger partial charge in [0.25, 0.3) is 0 Å². The van der Waals surface area contributed by atoms with Crippen LogP contribution in [0.15, 0.2) is 30.3 Å². The third-order valence-electron chi connectivity index (χ3n) is 6.06. The van der Waals surface area contributed by atoms with Gasteiger partial charge in [0.1, 0.15) is 5.72 Å². The Balaban J connectivity index is 1.98. The SMILES string of the molecule is Cc1cc(C)c(N2c3ccc(C)cc3CC3CC(C)OC32C)c(C)c1. The van der Waals surface area contributed by atoms with Crippen LogP contribution in [0.2, 0.25) is 0 Å². The largest absolute Gasteiger partial charge is 0.352 e. The molecule has 0 saturated carbocycles. The number of anilines is 2. The molecule has 2 aromatic rings. The van der Waals surface area contributed by atoms with Crippen LogP contribution in [0.25, 0.3) is 0 Å². The lowest BCUT2D eigenvalue weighted by Crippen LogP contribution is -2.52. The zero-order valence-corrected chi connectivity index (χ0v) is 16.3. The lowest BCUT2D eigenvalue weighted by molar-refractivity contribution is -0.0362. The van der Waals surface area contributed by atoms with Gasteiger partial charge in [-0.2, -0.15) is 0 Å². The Bertz CT molecular complexity index is 817. The van der Waals surface area contributed by atoms with Crippen molar-refractivity contribution in [3.8, 4) is 0 Å². The van der Waals surface area contributed by atoms with E-state index in [-0.39, 0.29) is 5.72 Å². The molecule has 2 heterocycles. The highest BCUT2D eigenvalue weighted by molar-refractivity contribution is 5.75. The van der Waals surface area contributed by atoms with Gasteiger partial charge < -0.3 is 9.64 Å². The molecule has 25 heavy (non-hydrogen) atoms. The van der Waals surface area contributed by atoms with Crippen molar-refractivity contribution in [1.82, 2.24) is 0 Å². The van der Waals surface area contributed by atoms with E-state index in [1.54, 1.807) is 0 Å². The number of hydrogen-bond acceptors (Lipinski definition) is 2. The van der Waals surface area contributed by atoms with Crippen molar-refractivity contribution in [2.45, 2.75) is 66.2 Å². The van der Waals surface area contributed by atoms with Gasteiger partial charge in [-0.25, -0.2) is 0 Å². The summed E-state index contributed by atoms with van der Waals surface area (Å²) in [5.74, 6) is 0.525. The van der Waals surface area contributed by atoms with Crippen LogP contribution in [-0.4, -0.2) is 11.8 Å². The Kier molecular flexibility index (Phi) is 3.73. The monoisotopic (exact) mass is 335 g/mol. The minimum Gasteiger partial charge on any atom is -0.352 e. The van der Waals surface area contributed by atoms with E-state index < -0.39 is 0 Å². The van der Waals surface area contributed by atoms with Gasteiger partial charge in [-0.3, -0.25) is 0 Å². The highest BCUT2D eigenvalue weighted by atomic mass is 16.5. The van der Waals surface area contributed by atoms with Gasteiger partial charge in [-0.1, -0.05) is 35.4 Å². The number of aryl methyl sites for hydroxylation is 4. The summed E-state index contributed by atoms with van der Waals surface area (Å²) in [6.07, 6.45) is 2.54. The van der Waals surface area contributed by atoms with Gasteiger partial charge >= 0.3 is 0 Å². The molecule has 1 saturated heterocycles. The number of ether oxygens (including phenoxy) is 1. The topological polar surface area (TPSA) is 12.5 Å². The molecule has 0 aromatic heterocycles. The number of nitrogens with zero attached hydrogens (tertiary/aromatic N) is 1. The van der Waals surface area contributed by atoms with Crippen molar-refractivity contribution >= 4 is 11.4 Å². The predicted octanol–water partition coefficient (Wildman–Crippen LogP) is 5.76. The van der Waals surface area contributed by atoms with E-state index in [1.165, 1.54) is 39.2 Å². The van der Waals surface area contributed by atoms with Crippen molar-refractivity contribution in [3.63, 3.8) is 0 Å². The van der Waals surface area contributed by atoms with Gasteiger partial charge in [0.05, 0.1) is 6.10 Å². The predicted molar refractivity (Wildman–Crippen MR) is 105 cm³/mol. The van der Waals surface area contributed by atoms with E-state index in [9.17, 15) is 0 Å². The number of rotatable bonds is 1. The fraction of sp³-hybridized carbons (Fsp3) is 0.478. The minimum atomic E-state index is -0.271. The summed E-state index contributed by atoms with van der Waals surface area (Å²) in [6, 6.07) is 11.5. The number of hydrogen-bond donors (Lipinski definition) is 0. The van der Waals surface area contributed by atoms with Gasteiger partial charge in [-0.15, -0.1) is 0 Å². The summed E-state index contributed by atoms with van der Waals surface area (Å²) in [7, 11) is 0. The van der Waals surface area contributed by atoms with Crippen LogP contribution in [-0.2, 0) is 11.2 Å². The Labute approximate surface area is 151 Å². The highest BCUT2D eigenvalue weighted by Gasteiger charge is 2.52. The first-order valence-electron chi connectivity index (χ1n) is 9.45. The molecule has 2 heteroatoms. The molecule has 0 N–H and O–H groups in total. The molecule has 0 radical (unpaired) electrons. The second-order valence-corrected chi connectivity index (χ2v) is 8.33.